The third-order valence-electron chi connectivity index (χ3n) is 5.64. The summed E-state index contributed by atoms with van der Waals surface area (Å²) in [5, 5.41) is 5.54. The lowest BCUT2D eigenvalue weighted by atomic mass is 10.00. The highest BCUT2D eigenvalue weighted by Gasteiger charge is 2.08. The van der Waals surface area contributed by atoms with Crippen molar-refractivity contribution in [3.63, 3.8) is 0 Å². The number of nitrogens with one attached hydrogen (secondary N) is 1. The molecule has 3 aromatic rings. The van der Waals surface area contributed by atoms with E-state index >= 15 is 0 Å². The second-order valence-electron chi connectivity index (χ2n) is 8.26. The van der Waals surface area contributed by atoms with Gasteiger partial charge in [0.05, 0.1) is 6.61 Å². The van der Waals surface area contributed by atoms with Crippen LogP contribution in [0.2, 0.25) is 15.1 Å². The molecule has 0 amide bonds. The Kier molecular flexibility index (Phi) is 9.14. The molecule has 0 fully saturated rings. The molecule has 0 saturated heterocycles. The van der Waals surface area contributed by atoms with Crippen LogP contribution in [0.3, 0.4) is 0 Å². The first kappa shape index (κ1) is 25.5. The van der Waals surface area contributed by atoms with Crippen molar-refractivity contribution in [1.29, 1.82) is 0 Å². The van der Waals surface area contributed by atoms with E-state index in [-0.39, 0.29) is 0 Å². The second-order valence-corrected chi connectivity index (χ2v) is 9.48. The van der Waals surface area contributed by atoms with Crippen LogP contribution >= 0.6 is 34.8 Å². The molecule has 0 aromatic heterocycles. The topological polar surface area (TPSA) is 21.3 Å². The van der Waals surface area contributed by atoms with Gasteiger partial charge in [-0.25, -0.2) is 0 Å². The van der Waals surface area contributed by atoms with Gasteiger partial charge in [0.2, 0.25) is 0 Å². The molecule has 0 heterocycles. The summed E-state index contributed by atoms with van der Waals surface area (Å²) in [4.78, 5) is 0. The van der Waals surface area contributed by atoms with Gasteiger partial charge in [0.1, 0.15) is 5.75 Å². The minimum atomic E-state index is 0.569. The quantitative estimate of drug-likeness (QED) is 0.315. The average Bonchev–Trinajstić information content (AvgIpc) is 2.77. The first-order valence-electron chi connectivity index (χ1n) is 11.1. The first-order chi connectivity index (χ1) is 15.8. The van der Waals surface area contributed by atoms with Gasteiger partial charge in [-0.15, -0.1) is 0 Å². The van der Waals surface area contributed by atoms with Crippen molar-refractivity contribution < 1.29 is 4.74 Å². The van der Waals surface area contributed by atoms with Crippen molar-refractivity contribution in [3.05, 3.63) is 97.0 Å². The van der Waals surface area contributed by atoms with Crippen molar-refractivity contribution in [2.24, 2.45) is 0 Å². The van der Waals surface area contributed by atoms with Gasteiger partial charge < -0.3 is 10.1 Å². The molecule has 1 N–H and O–H groups in total. The van der Waals surface area contributed by atoms with Crippen molar-refractivity contribution >= 4 is 46.6 Å². The van der Waals surface area contributed by atoms with Crippen molar-refractivity contribution in [1.82, 2.24) is 0 Å². The van der Waals surface area contributed by atoms with Crippen molar-refractivity contribution in [3.8, 4) is 5.75 Å². The molecule has 0 aliphatic rings. The predicted octanol–water partition coefficient (Wildman–Crippen LogP) is 9.31. The average molecular weight is 503 g/mol. The number of allylic oxidation sites excluding steroid dienone is 1. The van der Waals surface area contributed by atoms with Gasteiger partial charge in [-0.2, -0.15) is 0 Å². The lowest BCUT2D eigenvalue weighted by Crippen LogP contribution is -2.01. The first-order valence-corrected chi connectivity index (χ1v) is 12.3. The van der Waals surface area contributed by atoms with E-state index < -0.39 is 0 Å². The van der Waals surface area contributed by atoms with Crippen LogP contribution in [0.1, 0.15) is 48.1 Å². The Morgan fingerprint density at radius 1 is 0.939 bits per heavy atom. The van der Waals surface area contributed by atoms with Gasteiger partial charge in [-0.3, -0.25) is 0 Å². The molecule has 0 saturated carbocycles. The molecule has 0 atom stereocenters. The molecule has 33 heavy (non-hydrogen) atoms. The van der Waals surface area contributed by atoms with Crippen LogP contribution in [0.15, 0.2) is 54.1 Å². The van der Waals surface area contributed by atoms with E-state index in [2.05, 4.69) is 56.4 Å². The smallest absolute Gasteiger partial charge is 0.123 e. The highest BCUT2D eigenvalue weighted by atomic mass is 35.5. The number of benzene rings is 3. The number of hydrogen-bond acceptors (Lipinski definition) is 2. The maximum Gasteiger partial charge on any atom is 0.123 e. The lowest BCUT2D eigenvalue weighted by molar-refractivity contribution is 0.338. The summed E-state index contributed by atoms with van der Waals surface area (Å²) < 4.78 is 5.65. The van der Waals surface area contributed by atoms with E-state index in [9.17, 15) is 0 Å². The predicted molar refractivity (Wildman–Crippen MR) is 144 cm³/mol. The molecule has 5 heteroatoms. The Balaban J connectivity index is 1.69. The van der Waals surface area contributed by atoms with Gasteiger partial charge in [0.25, 0.3) is 0 Å². The third-order valence-corrected chi connectivity index (χ3v) is 6.70. The van der Waals surface area contributed by atoms with Gasteiger partial charge in [0, 0.05) is 32.9 Å². The van der Waals surface area contributed by atoms with Gasteiger partial charge in [-0.05, 0) is 93.1 Å². The zero-order chi connectivity index (χ0) is 24.0. The molecule has 0 bridgehead atoms. The summed E-state index contributed by atoms with van der Waals surface area (Å²) in [6.45, 7) is 9.54. The minimum Gasteiger partial charge on any atom is -0.494 e. The molecule has 0 radical (unpaired) electrons. The molecular weight excluding hydrogens is 473 g/mol. The van der Waals surface area contributed by atoms with Crippen LogP contribution in [0.4, 0.5) is 5.69 Å². The molecule has 0 aliphatic heterocycles. The van der Waals surface area contributed by atoms with Crippen LogP contribution in [-0.2, 0) is 13.0 Å². The zero-order valence-electron chi connectivity index (χ0n) is 19.6. The number of halogens is 3. The van der Waals surface area contributed by atoms with E-state index in [4.69, 9.17) is 39.5 Å². The Morgan fingerprint density at radius 2 is 1.67 bits per heavy atom. The summed E-state index contributed by atoms with van der Waals surface area (Å²) in [5.74, 6) is 0.858. The minimum absolute atomic E-state index is 0.569. The SMILES string of the molecule is CCOc1cc(Cl)c(CC/C(C)=C\c2cc(NCc3c(Cl)cccc3Cl)ccc2C)cc1C. The van der Waals surface area contributed by atoms with E-state index in [1.54, 1.807) is 0 Å². The Bertz CT molecular complexity index is 1130. The van der Waals surface area contributed by atoms with Crippen LogP contribution in [-0.4, -0.2) is 6.61 Å². The van der Waals surface area contributed by atoms with Gasteiger partial charge in [0.15, 0.2) is 0 Å². The van der Waals surface area contributed by atoms with E-state index in [0.29, 0.717) is 23.2 Å². The molecule has 0 aliphatic carbocycles. The molecule has 3 rings (SSSR count). The fraction of sp³-hybridized carbons (Fsp3) is 0.286. The second kappa shape index (κ2) is 11.8. The Morgan fingerprint density at radius 3 is 2.36 bits per heavy atom. The largest absolute Gasteiger partial charge is 0.494 e. The third kappa shape index (κ3) is 6.93. The summed E-state index contributed by atoms with van der Waals surface area (Å²) in [7, 11) is 0. The Labute approximate surface area is 212 Å². The zero-order valence-corrected chi connectivity index (χ0v) is 21.8. The molecule has 3 aromatic carbocycles. The lowest BCUT2D eigenvalue weighted by Gasteiger charge is -2.13. The Hall–Kier alpha value is -2.13. The maximum atomic E-state index is 6.51. The van der Waals surface area contributed by atoms with Crippen LogP contribution in [0.5, 0.6) is 5.75 Å². The van der Waals surface area contributed by atoms with Crippen molar-refractivity contribution in [2.45, 2.75) is 47.1 Å². The van der Waals surface area contributed by atoms with E-state index in [1.807, 2.05) is 31.2 Å². The fourth-order valence-corrected chi connectivity index (χ4v) is 4.47. The molecule has 0 unspecified atom stereocenters. The van der Waals surface area contributed by atoms with Gasteiger partial charge >= 0.3 is 0 Å². The summed E-state index contributed by atoms with van der Waals surface area (Å²) in [5.41, 5.74) is 7.91. The van der Waals surface area contributed by atoms with E-state index in [0.717, 1.165) is 46.0 Å². The van der Waals surface area contributed by atoms with Crippen LogP contribution in [0, 0.1) is 13.8 Å². The number of rotatable bonds is 9. The highest BCUT2D eigenvalue weighted by Crippen LogP contribution is 2.29. The summed E-state index contributed by atoms with van der Waals surface area (Å²) in [6.07, 6.45) is 4.06. The number of anilines is 1. The summed E-state index contributed by atoms with van der Waals surface area (Å²) >= 11 is 19.1. The number of hydrogen-bond donors (Lipinski definition) is 1. The van der Waals surface area contributed by atoms with Crippen molar-refractivity contribution in [2.75, 3.05) is 11.9 Å². The molecule has 2 nitrogen and oxygen atoms in total. The molecular formula is C28H30Cl3NO. The van der Waals surface area contributed by atoms with Crippen LogP contribution < -0.4 is 10.1 Å². The van der Waals surface area contributed by atoms with E-state index in [1.165, 1.54) is 16.7 Å². The highest BCUT2D eigenvalue weighted by molar-refractivity contribution is 6.36. The van der Waals surface area contributed by atoms with Gasteiger partial charge in [-0.1, -0.05) is 64.7 Å². The summed E-state index contributed by atoms with van der Waals surface area (Å²) in [6, 6.07) is 16.0. The molecule has 174 valence electrons. The van der Waals surface area contributed by atoms with Crippen LogP contribution in [0.25, 0.3) is 6.08 Å². The molecule has 0 spiro atoms. The number of ether oxygens (including phenoxy) is 1. The standard InChI is InChI=1S/C28H30Cl3NO/c1-5-33-28-16-27(31)21(14-20(28)4)11-9-18(2)13-22-15-23(12-10-19(22)3)32-17-24-25(29)7-6-8-26(24)30/h6-8,10,12-16,32H,5,9,11,17H2,1-4H3/b18-13-. The number of aryl methyl sites for hydroxylation is 3. The maximum absolute atomic E-state index is 6.51. The monoisotopic (exact) mass is 501 g/mol. The fourth-order valence-electron chi connectivity index (χ4n) is 3.69. The normalized spacial score (nSPS) is 11.5.